The lowest BCUT2D eigenvalue weighted by atomic mass is 9.91. The highest BCUT2D eigenvalue weighted by Gasteiger charge is 2.32. The Morgan fingerprint density at radius 2 is 2.14 bits per heavy atom. The van der Waals surface area contributed by atoms with E-state index in [2.05, 4.69) is 6.07 Å². The first kappa shape index (κ1) is 9.55. The van der Waals surface area contributed by atoms with Crippen molar-refractivity contribution in [3.63, 3.8) is 0 Å². The molecule has 2 rings (SSSR count). The van der Waals surface area contributed by atoms with Gasteiger partial charge in [0.1, 0.15) is 0 Å². The van der Waals surface area contributed by atoms with E-state index in [-0.39, 0.29) is 0 Å². The van der Waals surface area contributed by atoms with Crippen molar-refractivity contribution >= 4 is 11.6 Å². The average molecular weight is 206 g/mol. The molecule has 0 N–H and O–H groups in total. The minimum Gasteiger partial charge on any atom is -0.198 e. The molecule has 1 aromatic carbocycles. The van der Waals surface area contributed by atoms with Crippen LogP contribution >= 0.6 is 11.6 Å². The Morgan fingerprint density at radius 3 is 2.71 bits per heavy atom. The second-order valence-corrected chi connectivity index (χ2v) is 4.23. The van der Waals surface area contributed by atoms with Crippen LogP contribution in [0.2, 0.25) is 5.02 Å². The minimum absolute atomic E-state index is 0.355. The molecule has 1 saturated carbocycles. The fourth-order valence-electron chi connectivity index (χ4n) is 1.90. The summed E-state index contributed by atoms with van der Waals surface area (Å²) in [4.78, 5) is 0. The van der Waals surface area contributed by atoms with Crippen molar-refractivity contribution in [3.05, 3.63) is 34.9 Å². The molecule has 0 heterocycles. The SMILES string of the molecule is N#CCC(c1ccccc1Cl)C1CC1. The maximum atomic E-state index is 8.77. The summed E-state index contributed by atoms with van der Waals surface area (Å²) in [6.45, 7) is 0. The van der Waals surface area contributed by atoms with Crippen molar-refractivity contribution in [1.82, 2.24) is 0 Å². The molecule has 1 fully saturated rings. The van der Waals surface area contributed by atoms with Gasteiger partial charge in [0.15, 0.2) is 0 Å². The van der Waals surface area contributed by atoms with E-state index in [0.717, 1.165) is 10.6 Å². The first-order valence-electron chi connectivity index (χ1n) is 4.94. The summed E-state index contributed by atoms with van der Waals surface area (Å²) in [6.07, 6.45) is 3.09. The first-order valence-corrected chi connectivity index (χ1v) is 5.32. The lowest BCUT2D eigenvalue weighted by Crippen LogP contribution is -2.00. The highest BCUT2D eigenvalue weighted by Crippen LogP contribution is 2.45. The van der Waals surface area contributed by atoms with Gasteiger partial charge in [0.2, 0.25) is 0 Å². The number of rotatable bonds is 3. The van der Waals surface area contributed by atoms with Crippen LogP contribution in [-0.4, -0.2) is 0 Å². The van der Waals surface area contributed by atoms with Gasteiger partial charge in [-0.2, -0.15) is 5.26 Å². The Labute approximate surface area is 89.3 Å². The molecule has 1 unspecified atom stereocenters. The topological polar surface area (TPSA) is 23.8 Å². The van der Waals surface area contributed by atoms with Crippen LogP contribution in [0.4, 0.5) is 0 Å². The van der Waals surface area contributed by atoms with Gasteiger partial charge < -0.3 is 0 Å². The molecule has 0 aliphatic heterocycles. The number of nitrogens with zero attached hydrogens (tertiary/aromatic N) is 1. The molecule has 1 nitrogen and oxygen atoms in total. The summed E-state index contributed by atoms with van der Waals surface area (Å²) in [5.74, 6) is 1.04. The summed E-state index contributed by atoms with van der Waals surface area (Å²) < 4.78 is 0. The molecule has 0 radical (unpaired) electrons. The van der Waals surface area contributed by atoms with Crippen LogP contribution in [0.3, 0.4) is 0 Å². The highest BCUT2D eigenvalue weighted by atomic mass is 35.5. The van der Waals surface area contributed by atoms with Crippen LogP contribution in [0.15, 0.2) is 24.3 Å². The minimum atomic E-state index is 0.355. The molecule has 0 spiro atoms. The van der Waals surface area contributed by atoms with E-state index < -0.39 is 0 Å². The Morgan fingerprint density at radius 1 is 1.43 bits per heavy atom. The quantitative estimate of drug-likeness (QED) is 0.738. The molecule has 72 valence electrons. The molecule has 14 heavy (non-hydrogen) atoms. The Hall–Kier alpha value is -1.00. The predicted molar refractivity (Wildman–Crippen MR) is 57.1 cm³/mol. The molecule has 0 amide bonds. The van der Waals surface area contributed by atoms with Gasteiger partial charge in [-0.15, -0.1) is 0 Å². The lowest BCUT2D eigenvalue weighted by molar-refractivity contribution is 0.619. The molecule has 1 aromatic rings. The summed E-state index contributed by atoms with van der Waals surface area (Å²) in [5, 5.41) is 9.58. The Bertz CT molecular complexity index is 363. The van der Waals surface area contributed by atoms with Crippen LogP contribution in [0.25, 0.3) is 0 Å². The Kier molecular flexibility index (Phi) is 2.74. The number of benzene rings is 1. The Balaban J connectivity index is 2.26. The van der Waals surface area contributed by atoms with Gasteiger partial charge >= 0.3 is 0 Å². The molecule has 1 aliphatic carbocycles. The maximum Gasteiger partial charge on any atom is 0.0628 e. The maximum absolute atomic E-state index is 8.77. The normalized spacial score (nSPS) is 17.4. The number of halogens is 1. The van der Waals surface area contributed by atoms with Gasteiger partial charge in [0.25, 0.3) is 0 Å². The van der Waals surface area contributed by atoms with Gasteiger partial charge in [0.05, 0.1) is 6.07 Å². The second-order valence-electron chi connectivity index (χ2n) is 3.83. The van der Waals surface area contributed by atoms with E-state index in [1.165, 1.54) is 12.8 Å². The zero-order valence-electron chi connectivity index (χ0n) is 7.91. The third-order valence-corrected chi connectivity index (χ3v) is 3.15. The standard InChI is InChI=1S/C12H12ClN/c13-12-4-2-1-3-11(12)10(7-8-14)9-5-6-9/h1-4,9-10H,5-7H2. The van der Waals surface area contributed by atoms with Crippen LogP contribution in [0.1, 0.15) is 30.7 Å². The average Bonchev–Trinajstić information content (AvgIpc) is 2.99. The van der Waals surface area contributed by atoms with Gasteiger partial charge in [-0.3, -0.25) is 0 Å². The zero-order valence-corrected chi connectivity index (χ0v) is 8.67. The summed E-state index contributed by atoms with van der Waals surface area (Å²) >= 11 is 6.12. The number of hydrogen-bond donors (Lipinski definition) is 0. The van der Waals surface area contributed by atoms with E-state index in [4.69, 9.17) is 16.9 Å². The highest BCUT2D eigenvalue weighted by molar-refractivity contribution is 6.31. The van der Waals surface area contributed by atoms with Crippen molar-refractivity contribution in [2.75, 3.05) is 0 Å². The van der Waals surface area contributed by atoms with Crippen LogP contribution in [0.5, 0.6) is 0 Å². The van der Waals surface area contributed by atoms with Crippen LogP contribution in [-0.2, 0) is 0 Å². The van der Waals surface area contributed by atoms with E-state index in [1.54, 1.807) is 0 Å². The smallest absolute Gasteiger partial charge is 0.0628 e. The van der Waals surface area contributed by atoms with Crippen LogP contribution in [0, 0.1) is 17.2 Å². The van der Waals surface area contributed by atoms with Crippen molar-refractivity contribution in [2.45, 2.75) is 25.2 Å². The molecule has 0 saturated heterocycles. The van der Waals surface area contributed by atoms with E-state index >= 15 is 0 Å². The monoisotopic (exact) mass is 205 g/mol. The number of hydrogen-bond acceptors (Lipinski definition) is 1. The molecular formula is C12H12ClN. The van der Waals surface area contributed by atoms with Crippen molar-refractivity contribution in [1.29, 1.82) is 5.26 Å². The second kappa shape index (κ2) is 4.02. The van der Waals surface area contributed by atoms with Crippen LogP contribution < -0.4 is 0 Å². The molecule has 0 aromatic heterocycles. The summed E-state index contributed by atoms with van der Waals surface area (Å²) in [6, 6.07) is 10.1. The third kappa shape index (κ3) is 1.91. The largest absolute Gasteiger partial charge is 0.198 e. The van der Waals surface area contributed by atoms with Crippen molar-refractivity contribution < 1.29 is 0 Å². The fourth-order valence-corrected chi connectivity index (χ4v) is 2.18. The van der Waals surface area contributed by atoms with Crippen molar-refractivity contribution in [2.24, 2.45) is 5.92 Å². The lowest BCUT2D eigenvalue weighted by Gasteiger charge is -2.14. The van der Waals surface area contributed by atoms with Gasteiger partial charge in [-0.1, -0.05) is 29.8 Å². The van der Waals surface area contributed by atoms with E-state index in [9.17, 15) is 0 Å². The fraction of sp³-hybridized carbons (Fsp3) is 0.417. The molecule has 1 atom stereocenters. The summed E-state index contributed by atoms with van der Waals surface area (Å²) in [7, 11) is 0. The molecular weight excluding hydrogens is 194 g/mol. The predicted octanol–water partition coefficient (Wildman–Crippen LogP) is 3.75. The number of nitriles is 1. The third-order valence-electron chi connectivity index (χ3n) is 2.81. The van der Waals surface area contributed by atoms with E-state index in [0.29, 0.717) is 18.3 Å². The van der Waals surface area contributed by atoms with Gasteiger partial charge in [0, 0.05) is 17.4 Å². The van der Waals surface area contributed by atoms with Crippen molar-refractivity contribution in [3.8, 4) is 6.07 Å². The molecule has 1 aliphatic rings. The van der Waals surface area contributed by atoms with E-state index in [1.807, 2.05) is 24.3 Å². The zero-order chi connectivity index (χ0) is 9.97. The van der Waals surface area contributed by atoms with Gasteiger partial charge in [-0.05, 0) is 30.4 Å². The summed E-state index contributed by atoms with van der Waals surface area (Å²) in [5.41, 5.74) is 1.15. The first-order chi connectivity index (χ1) is 6.83. The molecule has 2 heteroatoms. The molecule has 0 bridgehead atoms. The van der Waals surface area contributed by atoms with Gasteiger partial charge in [-0.25, -0.2) is 0 Å².